The average molecular weight is 306 g/mol. The Morgan fingerprint density at radius 2 is 1.95 bits per heavy atom. The molecule has 0 N–H and O–H groups in total. The summed E-state index contributed by atoms with van der Waals surface area (Å²) in [7, 11) is 0. The third-order valence-corrected chi connectivity index (χ3v) is 4.25. The molecule has 1 aliphatic heterocycles. The molecular weight excluding hydrogens is 279 g/mol. The van der Waals surface area contributed by atoms with E-state index in [9.17, 15) is 9.18 Å². The fraction of sp³-hybridized carbons (Fsp3) is 0.611. The Morgan fingerprint density at radius 3 is 2.59 bits per heavy atom. The van der Waals surface area contributed by atoms with E-state index in [2.05, 4.69) is 11.8 Å². The van der Waals surface area contributed by atoms with Crippen molar-refractivity contribution < 1.29 is 9.18 Å². The minimum Gasteiger partial charge on any atom is -0.341 e. The smallest absolute Gasteiger partial charge is 0.222 e. The van der Waals surface area contributed by atoms with Crippen LogP contribution in [-0.4, -0.2) is 41.9 Å². The van der Waals surface area contributed by atoms with E-state index in [4.69, 9.17) is 0 Å². The molecule has 4 heteroatoms. The Balaban J connectivity index is 1.86. The molecule has 3 nitrogen and oxygen atoms in total. The monoisotopic (exact) mass is 306 g/mol. The van der Waals surface area contributed by atoms with Gasteiger partial charge in [0.2, 0.25) is 5.91 Å². The molecule has 1 fully saturated rings. The molecule has 122 valence electrons. The molecule has 0 bridgehead atoms. The van der Waals surface area contributed by atoms with Crippen LogP contribution >= 0.6 is 0 Å². The van der Waals surface area contributed by atoms with Crippen molar-refractivity contribution in [2.24, 2.45) is 0 Å². The number of halogens is 1. The van der Waals surface area contributed by atoms with E-state index >= 15 is 0 Å². The SMILES string of the molecule is CCCCCN(CCN1CCCC1=O)Cc1ccc(F)cc1. The van der Waals surface area contributed by atoms with Gasteiger partial charge in [-0.15, -0.1) is 0 Å². The summed E-state index contributed by atoms with van der Waals surface area (Å²) in [5.74, 6) is 0.0965. The maximum atomic E-state index is 13.0. The van der Waals surface area contributed by atoms with E-state index in [1.165, 1.54) is 31.4 Å². The number of carbonyl (C=O) groups excluding carboxylic acids is 1. The molecule has 22 heavy (non-hydrogen) atoms. The summed E-state index contributed by atoms with van der Waals surface area (Å²) in [6.45, 7) is 6.67. The van der Waals surface area contributed by atoms with Crippen LogP contribution in [0, 0.1) is 5.82 Å². The first kappa shape index (κ1) is 16.9. The van der Waals surface area contributed by atoms with Gasteiger partial charge in [0.1, 0.15) is 5.82 Å². The van der Waals surface area contributed by atoms with Gasteiger partial charge in [-0.25, -0.2) is 4.39 Å². The van der Waals surface area contributed by atoms with Gasteiger partial charge in [0.25, 0.3) is 0 Å². The standard InChI is InChI=1S/C18H27FN2O/c1-2-3-4-11-20(13-14-21-12-5-6-18(21)22)15-16-7-9-17(19)10-8-16/h7-10H,2-6,11-15H2,1H3. The summed E-state index contributed by atoms with van der Waals surface area (Å²) in [6, 6.07) is 6.74. The summed E-state index contributed by atoms with van der Waals surface area (Å²) in [5, 5.41) is 0. The fourth-order valence-corrected chi connectivity index (χ4v) is 2.91. The first-order valence-electron chi connectivity index (χ1n) is 8.43. The van der Waals surface area contributed by atoms with E-state index in [1.807, 2.05) is 17.0 Å². The quantitative estimate of drug-likeness (QED) is 0.653. The predicted octanol–water partition coefficient (Wildman–Crippen LogP) is 3.44. The first-order chi connectivity index (χ1) is 10.7. The van der Waals surface area contributed by atoms with Crippen molar-refractivity contribution in [3.05, 3.63) is 35.6 Å². The van der Waals surface area contributed by atoms with Gasteiger partial charge >= 0.3 is 0 Å². The molecule has 1 saturated heterocycles. The van der Waals surface area contributed by atoms with Crippen molar-refractivity contribution in [2.75, 3.05) is 26.2 Å². The molecule has 0 spiro atoms. The Morgan fingerprint density at radius 1 is 1.18 bits per heavy atom. The number of amides is 1. The van der Waals surface area contributed by atoms with Crippen LogP contribution < -0.4 is 0 Å². The van der Waals surface area contributed by atoms with Crippen LogP contribution in [0.3, 0.4) is 0 Å². The molecule has 1 amide bonds. The van der Waals surface area contributed by atoms with Crippen molar-refractivity contribution in [1.82, 2.24) is 9.80 Å². The second kappa shape index (κ2) is 8.89. The highest BCUT2D eigenvalue weighted by Crippen LogP contribution is 2.12. The van der Waals surface area contributed by atoms with Gasteiger partial charge in [-0.2, -0.15) is 0 Å². The molecule has 1 heterocycles. The molecule has 0 aromatic heterocycles. The highest BCUT2D eigenvalue weighted by atomic mass is 19.1. The van der Waals surface area contributed by atoms with Crippen LogP contribution in [0.2, 0.25) is 0 Å². The van der Waals surface area contributed by atoms with Crippen LogP contribution in [0.4, 0.5) is 4.39 Å². The number of unbranched alkanes of at least 4 members (excludes halogenated alkanes) is 2. The van der Waals surface area contributed by atoms with Crippen LogP contribution in [0.25, 0.3) is 0 Å². The Hall–Kier alpha value is -1.42. The van der Waals surface area contributed by atoms with Crippen LogP contribution in [0.15, 0.2) is 24.3 Å². The number of likely N-dealkylation sites (tertiary alicyclic amines) is 1. The lowest BCUT2D eigenvalue weighted by atomic mass is 10.2. The zero-order valence-electron chi connectivity index (χ0n) is 13.6. The van der Waals surface area contributed by atoms with Gasteiger partial charge in [-0.1, -0.05) is 31.9 Å². The van der Waals surface area contributed by atoms with Gasteiger partial charge in [0.05, 0.1) is 0 Å². The van der Waals surface area contributed by atoms with Gasteiger partial charge < -0.3 is 4.90 Å². The summed E-state index contributed by atoms with van der Waals surface area (Å²) < 4.78 is 13.0. The minimum atomic E-state index is -0.191. The molecule has 0 atom stereocenters. The van der Waals surface area contributed by atoms with Crippen molar-refractivity contribution >= 4 is 5.91 Å². The van der Waals surface area contributed by atoms with Crippen molar-refractivity contribution in [3.8, 4) is 0 Å². The van der Waals surface area contributed by atoms with Gasteiger partial charge in [0.15, 0.2) is 0 Å². The number of benzene rings is 1. The van der Waals surface area contributed by atoms with Crippen molar-refractivity contribution in [3.63, 3.8) is 0 Å². The van der Waals surface area contributed by atoms with E-state index in [-0.39, 0.29) is 11.7 Å². The van der Waals surface area contributed by atoms with E-state index in [0.29, 0.717) is 6.42 Å². The second-order valence-electron chi connectivity index (χ2n) is 6.09. The zero-order chi connectivity index (χ0) is 15.8. The topological polar surface area (TPSA) is 23.6 Å². The first-order valence-corrected chi connectivity index (χ1v) is 8.43. The molecule has 1 aromatic rings. The zero-order valence-corrected chi connectivity index (χ0v) is 13.6. The molecule has 0 radical (unpaired) electrons. The summed E-state index contributed by atoms with van der Waals surface area (Å²) in [6.07, 6.45) is 5.30. The van der Waals surface area contributed by atoms with Gasteiger partial charge in [-0.3, -0.25) is 9.69 Å². The van der Waals surface area contributed by atoms with E-state index in [0.717, 1.165) is 44.7 Å². The average Bonchev–Trinajstić information content (AvgIpc) is 2.92. The molecule has 0 saturated carbocycles. The number of rotatable bonds is 9. The molecule has 0 aliphatic carbocycles. The number of hydrogen-bond acceptors (Lipinski definition) is 2. The largest absolute Gasteiger partial charge is 0.341 e. The molecular formula is C18H27FN2O. The number of carbonyl (C=O) groups is 1. The summed E-state index contributed by atoms with van der Waals surface area (Å²) >= 11 is 0. The maximum Gasteiger partial charge on any atom is 0.222 e. The van der Waals surface area contributed by atoms with E-state index < -0.39 is 0 Å². The number of hydrogen-bond donors (Lipinski definition) is 0. The molecule has 1 aliphatic rings. The summed E-state index contributed by atoms with van der Waals surface area (Å²) in [4.78, 5) is 16.1. The maximum absolute atomic E-state index is 13.0. The Bertz CT molecular complexity index is 461. The highest BCUT2D eigenvalue weighted by molar-refractivity contribution is 5.78. The molecule has 1 aromatic carbocycles. The highest BCUT2D eigenvalue weighted by Gasteiger charge is 2.20. The molecule has 2 rings (SSSR count). The number of nitrogens with zero attached hydrogens (tertiary/aromatic N) is 2. The third kappa shape index (κ3) is 5.41. The van der Waals surface area contributed by atoms with Crippen molar-refractivity contribution in [2.45, 2.75) is 45.6 Å². The lowest BCUT2D eigenvalue weighted by molar-refractivity contribution is -0.127. The Kier molecular flexibility index (Phi) is 6.84. The molecule has 0 unspecified atom stereocenters. The summed E-state index contributed by atoms with van der Waals surface area (Å²) in [5.41, 5.74) is 1.13. The third-order valence-electron chi connectivity index (χ3n) is 4.25. The predicted molar refractivity (Wildman–Crippen MR) is 87.0 cm³/mol. The van der Waals surface area contributed by atoms with Crippen LogP contribution in [0.1, 0.15) is 44.6 Å². The minimum absolute atomic E-state index is 0.191. The lowest BCUT2D eigenvalue weighted by Crippen LogP contribution is -2.36. The van der Waals surface area contributed by atoms with Gasteiger partial charge in [0, 0.05) is 32.6 Å². The van der Waals surface area contributed by atoms with Crippen LogP contribution in [0.5, 0.6) is 0 Å². The van der Waals surface area contributed by atoms with Crippen LogP contribution in [-0.2, 0) is 11.3 Å². The second-order valence-corrected chi connectivity index (χ2v) is 6.09. The normalized spacial score (nSPS) is 15.0. The van der Waals surface area contributed by atoms with E-state index in [1.54, 1.807) is 0 Å². The lowest BCUT2D eigenvalue weighted by Gasteiger charge is -2.25. The fourth-order valence-electron chi connectivity index (χ4n) is 2.91. The Labute approximate surface area is 133 Å². The van der Waals surface area contributed by atoms with Crippen molar-refractivity contribution in [1.29, 1.82) is 0 Å². The van der Waals surface area contributed by atoms with Gasteiger partial charge in [-0.05, 0) is 37.1 Å².